The van der Waals surface area contributed by atoms with E-state index in [0.717, 1.165) is 19.3 Å². The van der Waals surface area contributed by atoms with Gasteiger partial charge in [0.05, 0.1) is 24.6 Å². The normalized spacial score (nSPS) is 24.2. The van der Waals surface area contributed by atoms with Crippen molar-refractivity contribution >= 4 is 15.9 Å². The topological polar surface area (TPSA) is 102 Å². The number of nitrogens with zero attached hydrogens (tertiary/aromatic N) is 2. The van der Waals surface area contributed by atoms with Gasteiger partial charge in [0.1, 0.15) is 0 Å². The molecule has 2 fully saturated rings. The summed E-state index contributed by atoms with van der Waals surface area (Å²) in [6.07, 6.45) is 4.72. The van der Waals surface area contributed by atoms with Crippen molar-refractivity contribution in [1.29, 1.82) is 0 Å². The molecule has 1 amide bonds. The summed E-state index contributed by atoms with van der Waals surface area (Å²) in [6.45, 7) is 3.88. The lowest BCUT2D eigenvalue weighted by atomic mass is 9.69. The van der Waals surface area contributed by atoms with Crippen molar-refractivity contribution in [2.75, 3.05) is 32.6 Å². The highest BCUT2D eigenvalue weighted by atomic mass is 32.2. The molecular formula is C15H23N3O5S. The Morgan fingerprint density at radius 3 is 2.67 bits per heavy atom. The van der Waals surface area contributed by atoms with Gasteiger partial charge >= 0.3 is 0 Å². The summed E-state index contributed by atoms with van der Waals surface area (Å²) in [5.41, 5.74) is 0.428. The Hall–Kier alpha value is -1.45. The molecule has 2 aliphatic heterocycles. The lowest BCUT2D eigenvalue weighted by molar-refractivity contribution is -0.0403. The van der Waals surface area contributed by atoms with Crippen LogP contribution in [0, 0.1) is 12.3 Å². The van der Waals surface area contributed by atoms with E-state index in [1.165, 1.54) is 12.6 Å². The first-order chi connectivity index (χ1) is 11.3. The summed E-state index contributed by atoms with van der Waals surface area (Å²) in [4.78, 5) is 18.2. The molecule has 0 bridgehead atoms. The number of aryl methyl sites for hydroxylation is 1. The van der Waals surface area contributed by atoms with Crippen LogP contribution in [0.3, 0.4) is 0 Å². The molecule has 1 N–H and O–H groups in total. The van der Waals surface area contributed by atoms with Gasteiger partial charge in [-0.1, -0.05) is 0 Å². The van der Waals surface area contributed by atoms with Gasteiger partial charge in [-0.25, -0.2) is 18.1 Å². The van der Waals surface area contributed by atoms with E-state index in [2.05, 4.69) is 9.71 Å². The molecule has 1 aromatic heterocycles. The fourth-order valence-electron chi connectivity index (χ4n) is 3.65. The second-order valence-corrected chi connectivity index (χ2v) is 8.47. The van der Waals surface area contributed by atoms with Crippen LogP contribution in [0.1, 0.15) is 35.5 Å². The van der Waals surface area contributed by atoms with Crippen molar-refractivity contribution in [2.45, 2.75) is 32.2 Å². The summed E-state index contributed by atoms with van der Waals surface area (Å²) in [7, 11) is -3.30. The van der Waals surface area contributed by atoms with E-state index in [1.807, 2.05) is 0 Å². The highest BCUT2D eigenvalue weighted by Crippen LogP contribution is 2.41. The second kappa shape index (κ2) is 6.45. The minimum Gasteiger partial charge on any atom is -0.438 e. The zero-order valence-electron chi connectivity index (χ0n) is 13.9. The maximum Gasteiger partial charge on any atom is 0.291 e. The molecule has 134 valence electrons. The molecule has 1 unspecified atom stereocenters. The first kappa shape index (κ1) is 17.4. The SMILES string of the molecule is Cc1ncoc1C(=O)N1CCC2(CCOCC2NS(C)(=O)=O)CC1. The third kappa shape index (κ3) is 3.47. The average molecular weight is 357 g/mol. The van der Waals surface area contributed by atoms with E-state index in [4.69, 9.17) is 9.15 Å². The Kier molecular flexibility index (Phi) is 4.67. The monoisotopic (exact) mass is 357 g/mol. The number of oxazole rings is 1. The second-order valence-electron chi connectivity index (χ2n) is 6.69. The summed E-state index contributed by atoms with van der Waals surface area (Å²) < 4.78 is 36.7. The maximum absolute atomic E-state index is 12.5. The van der Waals surface area contributed by atoms with Crippen LogP contribution in [0.15, 0.2) is 10.8 Å². The summed E-state index contributed by atoms with van der Waals surface area (Å²) >= 11 is 0. The van der Waals surface area contributed by atoms with Crippen LogP contribution in [0.25, 0.3) is 0 Å². The number of ether oxygens (including phenoxy) is 1. The number of rotatable bonds is 3. The van der Waals surface area contributed by atoms with Gasteiger partial charge in [-0.05, 0) is 31.6 Å². The van der Waals surface area contributed by atoms with Crippen LogP contribution in [0.5, 0.6) is 0 Å². The summed E-state index contributed by atoms with van der Waals surface area (Å²) in [5.74, 6) is 0.128. The van der Waals surface area contributed by atoms with Crippen LogP contribution in [-0.4, -0.2) is 62.8 Å². The number of sulfonamides is 1. The third-order valence-electron chi connectivity index (χ3n) is 5.11. The largest absolute Gasteiger partial charge is 0.438 e. The molecule has 2 saturated heterocycles. The van der Waals surface area contributed by atoms with Crippen LogP contribution in [0.4, 0.5) is 0 Å². The summed E-state index contributed by atoms with van der Waals surface area (Å²) in [6, 6.07) is -0.245. The van der Waals surface area contributed by atoms with Crippen molar-refractivity contribution in [3.8, 4) is 0 Å². The molecule has 9 heteroatoms. The van der Waals surface area contributed by atoms with E-state index >= 15 is 0 Å². The average Bonchev–Trinajstić information content (AvgIpc) is 2.95. The zero-order chi connectivity index (χ0) is 17.4. The Bertz CT molecular complexity index is 706. The van der Waals surface area contributed by atoms with Crippen LogP contribution in [-0.2, 0) is 14.8 Å². The zero-order valence-corrected chi connectivity index (χ0v) is 14.8. The molecule has 1 spiro atoms. The minimum absolute atomic E-state index is 0.153. The van der Waals surface area contributed by atoms with E-state index in [9.17, 15) is 13.2 Å². The van der Waals surface area contributed by atoms with Gasteiger partial charge in [-0.2, -0.15) is 0 Å². The number of carbonyl (C=O) groups is 1. The van der Waals surface area contributed by atoms with Gasteiger partial charge in [-0.3, -0.25) is 4.79 Å². The van der Waals surface area contributed by atoms with E-state index < -0.39 is 10.0 Å². The number of aromatic nitrogens is 1. The van der Waals surface area contributed by atoms with Gasteiger partial charge in [0.2, 0.25) is 15.8 Å². The Morgan fingerprint density at radius 1 is 1.38 bits per heavy atom. The highest BCUT2D eigenvalue weighted by molar-refractivity contribution is 7.88. The Balaban J connectivity index is 1.70. The molecule has 24 heavy (non-hydrogen) atoms. The minimum atomic E-state index is -3.30. The third-order valence-corrected chi connectivity index (χ3v) is 5.82. The molecule has 2 aliphatic rings. The number of amides is 1. The van der Waals surface area contributed by atoms with Crippen LogP contribution < -0.4 is 4.72 Å². The molecule has 8 nitrogen and oxygen atoms in total. The number of hydrogen-bond donors (Lipinski definition) is 1. The molecule has 1 atom stereocenters. The molecule has 0 saturated carbocycles. The lowest BCUT2D eigenvalue weighted by Gasteiger charge is -2.48. The predicted octanol–water partition coefficient (Wildman–Crippen LogP) is 0.544. The molecular weight excluding hydrogens is 334 g/mol. The molecule has 0 aliphatic carbocycles. The van der Waals surface area contributed by atoms with E-state index in [-0.39, 0.29) is 23.1 Å². The number of hydrogen-bond acceptors (Lipinski definition) is 6. The molecule has 3 heterocycles. The highest BCUT2D eigenvalue weighted by Gasteiger charge is 2.45. The quantitative estimate of drug-likeness (QED) is 0.847. The molecule has 0 radical (unpaired) electrons. The van der Waals surface area contributed by atoms with E-state index in [0.29, 0.717) is 32.0 Å². The Morgan fingerprint density at radius 2 is 2.08 bits per heavy atom. The smallest absolute Gasteiger partial charge is 0.291 e. The first-order valence-corrected chi connectivity index (χ1v) is 9.94. The van der Waals surface area contributed by atoms with Crippen molar-refractivity contribution < 1.29 is 22.4 Å². The maximum atomic E-state index is 12.5. The molecule has 1 aromatic rings. The molecule has 0 aromatic carbocycles. The number of nitrogens with one attached hydrogen (secondary N) is 1. The Labute approximate surface area is 141 Å². The van der Waals surface area contributed by atoms with Crippen LogP contribution in [0.2, 0.25) is 0 Å². The van der Waals surface area contributed by atoms with Gasteiger partial charge < -0.3 is 14.1 Å². The van der Waals surface area contributed by atoms with Crippen molar-refractivity contribution in [3.63, 3.8) is 0 Å². The number of piperidine rings is 1. The fraction of sp³-hybridized carbons (Fsp3) is 0.733. The fourth-order valence-corrected chi connectivity index (χ4v) is 4.48. The first-order valence-electron chi connectivity index (χ1n) is 8.05. The number of carbonyl (C=O) groups excluding carboxylic acids is 1. The van der Waals surface area contributed by atoms with Crippen molar-refractivity contribution in [3.05, 3.63) is 17.8 Å². The predicted molar refractivity (Wildman–Crippen MR) is 86.0 cm³/mol. The van der Waals surface area contributed by atoms with Gasteiger partial charge in [0, 0.05) is 19.7 Å². The van der Waals surface area contributed by atoms with Gasteiger partial charge in [0.15, 0.2) is 6.39 Å². The summed E-state index contributed by atoms with van der Waals surface area (Å²) in [5, 5.41) is 0. The lowest BCUT2D eigenvalue weighted by Crippen LogP contribution is -2.57. The van der Waals surface area contributed by atoms with Gasteiger partial charge in [0.25, 0.3) is 5.91 Å². The standard InChI is InChI=1S/C15H23N3O5S/c1-11-13(23-10-16-11)14(19)18-6-3-15(4-7-18)5-8-22-9-12(15)17-24(2,20)21/h10,12,17H,3-9H2,1-2H3. The van der Waals surface area contributed by atoms with Gasteiger partial charge in [-0.15, -0.1) is 0 Å². The van der Waals surface area contributed by atoms with Crippen molar-refractivity contribution in [2.24, 2.45) is 5.41 Å². The van der Waals surface area contributed by atoms with E-state index in [1.54, 1.807) is 11.8 Å². The number of likely N-dealkylation sites (tertiary alicyclic amines) is 1. The van der Waals surface area contributed by atoms with Crippen LogP contribution >= 0.6 is 0 Å². The molecule has 3 rings (SSSR count). The van der Waals surface area contributed by atoms with Crippen molar-refractivity contribution in [1.82, 2.24) is 14.6 Å².